The summed E-state index contributed by atoms with van der Waals surface area (Å²) in [7, 11) is 0. The van der Waals surface area contributed by atoms with E-state index in [9.17, 15) is 4.79 Å². The molecule has 3 heterocycles. The molecule has 1 amide bonds. The van der Waals surface area contributed by atoms with Gasteiger partial charge in [-0.25, -0.2) is 0 Å². The maximum atomic E-state index is 12.3. The number of pyridine rings is 2. The molecule has 0 aliphatic heterocycles. The van der Waals surface area contributed by atoms with Crippen LogP contribution in [0.4, 0.5) is 5.95 Å². The average molecular weight is 345 g/mol. The Balaban J connectivity index is 1.53. The Morgan fingerprint density at radius 3 is 2.69 bits per heavy atom. The molecule has 26 heavy (non-hydrogen) atoms. The molecule has 0 saturated carbocycles. The number of carbonyl (C=O) groups excluding carboxylic acids is 1. The van der Waals surface area contributed by atoms with Gasteiger partial charge in [0.05, 0.1) is 17.8 Å². The van der Waals surface area contributed by atoms with E-state index in [0.717, 1.165) is 22.2 Å². The van der Waals surface area contributed by atoms with Gasteiger partial charge in [0.1, 0.15) is 5.82 Å². The van der Waals surface area contributed by atoms with Gasteiger partial charge in [-0.3, -0.25) is 19.9 Å². The van der Waals surface area contributed by atoms with Crippen LogP contribution in [0.2, 0.25) is 0 Å². The van der Waals surface area contributed by atoms with Crippen LogP contribution >= 0.6 is 0 Å². The molecular formula is C18H15N7O. The summed E-state index contributed by atoms with van der Waals surface area (Å²) in [5.74, 6) is 0.440. The number of nitrogens with zero attached hydrogens (tertiary/aromatic N) is 4. The first kappa shape index (κ1) is 15.7. The molecule has 0 aliphatic carbocycles. The summed E-state index contributed by atoms with van der Waals surface area (Å²) in [6.07, 6.45) is 3.48. The van der Waals surface area contributed by atoms with Crippen molar-refractivity contribution in [1.82, 2.24) is 30.5 Å². The van der Waals surface area contributed by atoms with Crippen LogP contribution in [-0.4, -0.2) is 31.1 Å². The molecule has 0 saturated heterocycles. The van der Waals surface area contributed by atoms with Crippen molar-refractivity contribution in [1.29, 1.82) is 0 Å². The van der Waals surface area contributed by atoms with E-state index in [1.165, 1.54) is 0 Å². The topological polar surface area (TPSA) is 122 Å². The third-order valence-corrected chi connectivity index (χ3v) is 3.92. The highest BCUT2D eigenvalue weighted by atomic mass is 16.1. The van der Waals surface area contributed by atoms with Gasteiger partial charge in [-0.2, -0.15) is 4.98 Å². The number of amides is 1. The van der Waals surface area contributed by atoms with E-state index in [4.69, 9.17) is 5.73 Å². The first-order valence-electron chi connectivity index (χ1n) is 7.96. The van der Waals surface area contributed by atoms with Crippen LogP contribution in [0.1, 0.15) is 16.2 Å². The number of hydrogen-bond donors (Lipinski definition) is 3. The van der Waals surface area contributed by atoms with Crippen LogP contribution < -0.4 is 11.1 Å². The lowest BCUT2D eigenvalue weighted by atomic mass is 10.0. The second-order valence-electron chi connectivity index (χ2n) is 5.63. The molecule has 1 aromatic carbocycles. The van der Waals surface area contributed by atoms with Gasteiger partial charge in [0.15, 0.2) is 0 Å². The van der Waals surface area contributed by atoms with Crippen LogP contribution in [0.5, 0.6) is 0 Å². The van der Waals surface area contributed by atoms with Crippen molar-refractivity contribution < 1.29 is 4.79 Å². The minimum absolute atomic E-state index is 0.149. The predicted molar refractivity (Wildman–Crippen MR) is 96.9 cm³/mol. The molecule has 4 aromatic rings. The van der Waals surface area contributed by atoms with E-state index in [2.05, 4.69) is 30.5 Å². The van der Waals surface area contributed by atoms with Crippen molar-refractivity contribution >= 4 is 22.8 Å². The van der Waals surface area contributed by atoms with E-state index in [1.807, 2.05) is 30.3 Å². The van der Waals surface area contributed by atoms with E-state index in [-0.39, 0.29) is 18.4 Å². The standard InChI is InChI=1S/C18H15N7O/c19-18-23-15(24-25-18)10-22-17(26)12-5-3-11(4-6-12)16-13-2-1-8-20-14(13)7-9-21-16/h1-9H,10H2,(H,22,26)(H3,19,23,24,25). The van der Waals surface area contributed by atoms with E-state index in [1.54, 1.807) is 24.5 Å². The molecular weight excluding hydrogens is 330 g/mol. The normalized spacial score (nSPS) is 10.8. The number of benzene rings is 1. The highest BCUT2D eigenvalue weighted by Gasteiger charge is 2.09. The number of aromatic nitrogens is 5. The Morgan fingerprint density at radius 2 is 1.92 bits per heavy atom. The fourth-order valence-electron chi connectivity index (χ4n) is 2.67. The Hall–Kier alpha value is -3.81. The van der Waals surface area contributed by atoms with E-state index in [0.29, 0.717) is 11.4 Å². The number of fused-ring (bicyclic) bond motifs is 1. The van der Waals surface area contributed by atoms with Gasteiger partial charge in [0, 0.05) is 28.9 Å². The first-order chi connectivity index (χ1) is 12.7. The van der Waals surface area contributed by atoms with Gasteiger partial charge in [0.25, 0.3) is 5.91 Å². The summed E-state index contributed by atoms with van der Waals surface area (Å²) in [5, 5.41) is 10.1. The van der Waals surface area contributed by atoms with Crippen molar-refractivity contribution in [3.8, 4) is 11.3 Å². The van der Waals surface area contributed by atoms with Crippen LogP contribution in [0.15, 0.2) is 54.9 Å². The lowest BCUT2D eigenvalue weighted by Crippen LogP contribution is -2.23. The molecule has 0 radical (unpaired) electrons. The van der Waals surface area contributed by atoms with Crippen LogP contribution in [0, 0.1) is 0 Å². The number of nitrogen functional groups attached to an aromatic ring is 1. The average Bonchev–Trinajstić information content (AvgIpc) is 3.11. The summed E-state index contributed by atoms with van der Waals surface area (Å²) in [4.78, 5) is 25.0. The largest absolute Gasteiger partial charge is 0.367 e. The van der Waals surface area contributed by atoms with Crippen molar-refractivity contribution in [2.24, 2.45) is 0 Å². The summed E-state index contributed by atoms with van der Waals surface area (Å²) in [6.45, 7) is 0.224. The molecule has 128 valence electrons. The Labute approximate surface area is 148 Å². The van der Waals surface area contributed by atoms with Gasteiger partial charge in [-0.15, -0.1) is 5.10 Å². The first-order valence-corrected chi connectivity index (χ1v) is 7.96. The minimum atomic E-state index is -0.209. The number of carbonyl (C=O) groups is 1. The summed E-state index contributed by atoms with van der Waals surface area (Å²) in [6, 6.07) is 13.0. The Kier molecular flexibility index (Phi) is 3.98. The number of rotatable bonds is 4. The van der Waals surface area contributed by atoms with Crippen LogP contribution in [-0.2, 0) is 6.54 Å². The second kappa shape index (κ2) is 6.60. The minimum Gasteiger partial charge on any atom is -0.367 e. The van der Waals surface area contributed by atoms with Gasteiger partial charge < -0.3 is 11.1 Å². The highest BCUT2D eigenvalue weighted by molar-refractivity contribution is 5.96. The summed E-state index contributed by atoms with van der Waals surface area (Å²) in [5.41, 5.74) is 8.61. The van der Waals surface area contributed by atoms with Crippen LogP contribution in [0.3, 0.4) is 0 Å². The molecule has 0 aliphatic rings. The van der Waals surface area contributed by atoms with Gasteiger partial charge in [-0.05, 0) is 30.3 Å². The zero-order chi connectivity index (χ0) is 17.9. The van der Waals surface area contributed by atoms with Gasteiger partial charge in [0.2, 0.25) is 5.95 Å². The zero-order valence-electron chi connectivity index (χ0n) is 13.7. The van der Waals surface area contributed by atoms with Crippen molar-refractivity contribution in [2.45, 2.75) is 6.54 Å². The van der Waals surface area contributed by atoms with Crippen molar-refractivity contribution in [3.05, 3.63) is 66.2 Å². The SMILES string of the molecule is Nc1n[nH]c(CNC(=O)c2ccc(-c3nccc4ncccc34)cc2)n1. The number of hydrogen-bond acceptors (Lipinski definition) is 6. The fraction of sp³-hybridized carbons (Fsp3) is 0.0556. The number of nitrogens with one attached hydrogen (secondary N) is 2. The quantitative estimate of drug-likeness (QED) is 0.519. The second-order valence-corrected chi connectivity index (χ2v) is 5.63. The van der Waals surface area contributed by atoms with E-state index >= 15 is 0 Å². The molecule has 0 spiro atoms. The lowest BCUT2D eigenvalue weighted by Gasteiger charge is -2.07. The Bertz CT molecular complexity index is 1070. The smallest absolute Gasteiger partial charge is 0.251 e. The molecule has 4 rings (SSSR count). The van der Waals surface area contributed by atoms with Gasteiger partial charge in [-0.1, -0.05) is 12.1 Å². The molecule has 8 nitrogen and oxygen atoms in total. The molecule has 0 bridgehead atoms. The van der Waals surface area contributed by atoms with Crippen molar-refractivity contribution in [3.63, 3.8) is 0 Å². The molecule has 4 N–H and O–H groups in total. The maximum absolute atomic E-state index is 12.3. The zero-order valence-corrected chi connectivity index (χ0v) is 13.7. The summed E-state index contributed by atoms with van der Waals surface area (Å²) < 4.78 is 0. The Morgan fingerprint density at radius 1 is 1.08 bits per heavy atom. The number of nitrogens with two attached hydrogens (primary N) is 1. The molecule has 3 aromatic heterocycles. The number of H-pyrrole nitrogens is 1. The van der Waals surface area contributed by atoms with Crippen molar-refractivity contribution in [2.75, 3.05) is 5.73 Å². The van der Waals surface area contributed by atoms with Gasteiger partial charge >= 0.3 is 0 Å². The lowest BCUT2D eigenvalue weighted by molar-refractivity contribution is 0.0950. The predicted octanol–water partition coefficient (Wildman–Crippen LogP) is 1.93. The van der Waals surface area contributed by atoms with Crippen LogP contribution in [0.25, 0.3) is 22.2 Å². The monoisotopic (exact) mass is 345 g/mol. The third-order valence-electron chi connectivity index (χ3n) is 3.92. The number of aromatic amines is 1. The third kappa shape index (κ3) is 3.07. The molecule has 0 atom stereocenters. The highest BCUT2D eigenvalue weighted by Crippen LogP contribution is 2.25. The summed E-state index contributed by atoms with van der Waals surface area (Å²) >= 11 is 0. The maximum Gasteiger partial charge on any atom is 0.251 e. The molecule has 0 unspecified atom stereocenters. The molecule has 8 heteroatoms. The number of anilines is 1. The molecule has 0 fully saturated rings. The fourth-order valence-corrected chi connectivity index (χ4v) is 2.67. The van der Waals surface area contributed by atoms with E-state index < -0.39 is 0 Å².